The Morgan fingerprint density at radius 2 is 1.95 bits per heavy atom. The molecule has 0 saturated heterocycles. The number of rotatable bonds is 3. The highest BCUT2D eigenvalue weighted by atomic mass is 16.5. The van der Waals surface area contributed by atoms with Crippen molar-refractivity contribution in [2.75, 3.05) is 0 Å². The van der Waals surface area contributed by atoms with Gasteiger partial charge < -0.3 is 15.2 Å². The van der Waals surface area contributed by atoms with Crippen LogP contribution in [-0.4, -0.2) is 6.10 Å². The minimum Gasteiger partial charge on any atom is -0.491 e. The van der Waals surface area contributed by atoms with Gasteiger partial charge in [0.2, 0.25) is 0 Å². The second kappa shape index (κ2) is 5.78. The third-order valence-corrected chi connectivity index (χ3v) is 3.66. The molecule has 0 aromatic heterocycles. The summed E-state index contributed by atoms with van der Waals surface area (Å²) in [7, 11) is 0. The van der Waals surface area contributed by atoms with E-state index in [0.717, 1.165) is 29.0 Å². The Kier molecular flexibility index (Phi) is 3.84. The molecule has 1 aliphatic heterocycles. The predicted molar refractivity (Wildman–Crippen MR) is 83.6 cm³/mol. The fourth-order valence-corrected chi connectivity index (χ4v) is 2.72. The Bertz CT molecular complexity index is 624. The molecule has 0 aliphatic carbocycles. The van der Waals surface area contributed by atoms with Crippen molar-refractivity contribution in [2.45, 2.75) is 38.5 Å². The number of hydrogen-bond donors (Lipinski definition) is 1. The van der Waals surface area contributed by atoms with Crippen LogP contribution in [0.4, 0.5) is 0 Å². The normalized spacial score (nSPS) is 20.8. The zero-order valence-corrected chi connectivity index (χ0v) is 12.5. The first kappa shape index (κ1) is 14.0. The summed E-state index contributed by atoms with van der Waals surface area (Å²) in [4.78, 5) is 0. The Labute approximate surface area is 125 Å². The van der Waals surface area contributed by atoms with Crippen LogP contribution in [0.5, 0.6) is 11.5 Å². The summed E-state index contributed by atoms with van der Waals surface area (Å²) in [5.41, 5.74) is 8.48. The van der Waals surface area contributed by atoms with Crippen LogP contribution in [0.3, 0.4) is 0 Å². The Balaban J connectivity index is 1.85. The van der Waals surface area contributed by atoms with Crippen molar-refractivity contribution in [3.8, 4) is 11.5 Å². The summed E-state index contributed by atoms with van der Waals surface area (Å²) >= 11 is 0. The van der Waals surface area contributed by atoms with E-state index >= 15 is 0 Å². The molecule has 3 heteroatoms. The third kappa shape index (κ3) is 3.03. The van der Waals surface area contributed by atoms with Crippen molar-refractivity contribution in [3.63, 3.8) is 0 Å². The van der Waals surface area contributed by atoms with Crippen molar-refractivity contribution in [2.24, 2.45) is 5.73 Å². The number of nitrogens with two attached hydrogens (primary N) is 1. The molecule has 2 N–H and O–H groups in total. The highest BCUT2D eigenvalue weighted by molar-refractivity contribution is 5.40. The number of ether oxygens (including phenoxy) is 2. The molecule has 110 valence electrons. The largest absolute Gasteiger partial charge is 0.491 e. The maximum Gasteiger partial charge on any atom is 0.126 e. The van der Waals surface area contributed by atoms with Gasteiger partial charge in [-0.05, 0) is 37.6 Å². The predicted octanol–water partition coefficient (Wildman–Crippen LogP) is 4.00. The van der Waals surface area contributed by atoms with Crippen molar-refractivity contribution in [1.82, 2.24) is 0 Å². The number of fused-ring (bicyclic) bond motifs is 1. The van der Waals surface area contributed by atoms with Gasteiger partial charge in [-0.25, -0.2) is 0 Å². The molecule has 1 unspecified atom stereocenters. The van der Waals surface area contributed by atoms with Crippen LogP contribution in [0, 0.1) is 0 Å². The van der Waals surface area contributed by atoms with E-state index in [-0.39, 0.29) is 18.2 Å². The highest BCUT2D eigenvalue weighted by Crippen LogP contribution is 2.39. The SMILES string of the molecule is CC(C)Oc1cccc(C2C[C@H](N)c3ccccc3O2)c1. The van der Waals surface area contributed by atoms with Crippen LogP contribution < -0.4 is 15.2 Å². The molecule has 0 amide bonds. The topological polar surface area (TPSA) is 44.5 Å². The molecular weight excluding hydrogens is 262 g/mol. The lowest BCUT2D eigenvalue weighted by molar-refractivity contribution is 0.160. The molecule has 3 nitrogen and oxygen atoms in total. The standard InChI is InChI=1S/C18H21NO2/c1-12(2)20-14-7-5-6-13(10-14)18-11-16(19)15-8-3-4-9-17(15)21-18/h3-10,12,16,18H,11,19H2,1-2H3/t16-,18?/m0/s1. The zero-order chi connectivity index (χ0) is 14.8. The first-order valence-electron chi connectivity index (χ1n) is 7.41. The zero-order valence-electron chi connectivity index (χ0n) is 12.5. The first-order chi connectivity index (χ1) is 10.1. The van der Waals surface area contributed by atoms with Crippen LogP contribution in [0.2, 0.25) is 0 Å². The van der Waals surface area contributed by atoms with E-state index in [2.05, 4.69) is 6.07 Å². The fourth-order valence-electron chi connectivity index (χ4n) is 2.72. The molecule has 0 radical (unpaired) electrons. The van der Waals surface area contributed by atoms with E-state index in [4.69, 9.17) is 15.2 Å². The van der Waals surface area contributed by atoms with E-state index < -0.39 is 0 Å². The number of hydrogen-bond acceptors (Lipinski definition) is 3. The van der Waals surface area contributed by atoms with Gasteiger partial charge in [0, 0.05) is 18.0 Å². The summed E-state index contributed by atoms with van der Waals surface area (Å²) in [5, 5.41) is 0. The lowest BCUT2D eigenvalue weighted by Gasteiger charge is -2.30. The van der Waals surface area contributed by atoms with Crippen LogP contribution in [0.1, 0.15) is 43.5 Å². The van der Waals surface area contributed by atoms with E-state index in [1.54, 1.807) is 0 Å². The molecule has 1 aliphatic rings. The smallest absolute Gasteiger partial charge is 0.126 e. The summed E-state index contributed by atoms with van der Waals surface area (Å²) in [6, 6.07) is 16.1. The van der Waals surface area contributed by atoms with Crippen molar-refractivity contribution in [1.29, 1.82) is 0 Å². The fraction of sp³-hybridized carbons (Fsp3) is 0.333. The maximum absolute atomic E-state index is 6.28. The minimum absolute atomic E-state index is 0.00891. The molecule has 0 spiro atoms. The second-order valence-electron chi connectivity index (χ2n) is 5.73. The van der Waals surface area contributed by atoms with E-state index in [9.17, 15) is 0 Å². The number of para-hydroxylation sites is 1. The van der Waals surface area contributed by atoms with Gasteiger partial charge in [-0.2, -0.15) is 0 Å². The molecule has 2 aromatic carbocycles. The lowest BCUT2D eigenvalue weighted by Crippen LogP contribution is -2.24. The van der Waals surface area contributed by atoms with E-state index in [0.29, 0.717) is 0 Å². The van der Waals surface area contributed by atoms with E-state index in [1.165, 1.54) is 0 Å². The van der Waals surface area contributed by atoms with Gasteiger partial charge in [0.25, 0.3) is 0 Å². The van der Waals surface area contributed by atoms with Gasteiger partial charge in [-0.15, -0.1) is 0 Å². The molecule has 2 atom stereocenters. The van der Waals surface area contributed by atoms with Gasteiger partial charge in [0.05, 0.1) is 6.10 Å². The summed E-state index contributed by atoms with van der Waals surface area (Å²) in [6.07, 6.45) is 0.920. The quantitative estimate of drug-likeness (QED) is 0.926. The van der Waals surface area contributed by atoms with Gasteiger partial charge in [-0.3, -0.25) is 0 Å². The average Bonchev–Trinajstić information content (AvgIpc) is 2.47. The number of benzene rings is 2. The van der Waals surface area contributed by atoms with Crippen molar-refractivity contribution < 1.29 is 9.47 Å². The first-order valence-corrected chi connectivity index (χ1v) is 7.41. The molecule has 0 bridgehead atoms. The van der Waals surface area contributed by atoms with Crippen LogP contribution >= 0.6 is 0 Å². The van der Waals surface area contributed by atoms with Gasteiger partial charge >= 0.3 is 0 Å². The maximum atomic E-state index is 6.28. The van der Waals surface area contributed by atoms with Gasteiger partial charge in [-0.1, -0.05) is 30.3 Å². The summed E-state index contributed by atoms with van der Waals surface area (Å²) in [6.45, 7) is 4.05. The average molecular weight is 283 g/mol. The van der Waals surface area contributed by atoms with Gasteiger partial charge in [0.1, 0.15) is 17.6 Å². The Hall–Kier alpha value is -2.00. The molecule has 3 rings (SSSR count). The van der Waals surface area contributed by atoms with Gasteiger partial charge in [0.15, 0.2) is 0 Å². The Morgan fingerprint density at radius 3 is 2.76 bits per heavy atom. The minimum atomic E-state index is -0.0226. The van der Waals surface area contributed by atoms with Crippen molar-refractivity contribution >= 4 is 0 Å². The molecule has 0 saturated carbocycles. The third-order valence-electron chi connectivity index (χ3n) is 3.66. The molecule has 1 heterocycles. The lowest BCUT2D eigenvalue weighted by atomic mass is 9.93. The molecule has 21 heavy (non-hydrogen) atoms. The molecule has 2 aromatic rings. The van der Waals surface area contributed by atoms with Crippen LogP contribution in [-0.2, 0) is 0 Å². The summed E-state index contributed by atoms with van der Waals surface area (Å²) in [5.74, 6) is 1.76. The highest BCUT2D eigenvalue weighted by Gasteiger charge is 2.26. The van der Waals surface area contributed by atoms with Crippen LogP contribution in [0.25, 0.3) is 0 Å². The van der Waals surface area contributed by atoms with Crippen LogP contribution in [0.15, 0.2) is 48.5 Å². The van der Waals surface area contributed by atoms with Crippen molar-refractivity contribution in [3.05, 3.63) is 59.7 Å². The molecular formula is C18H21NO2. The monoisotopic (exact) mass is 283 g/mol. The second-order valence-corrected chi connectivity index (χ2v) is 5.73. The van der Waals surface area contributed by atoms with E-state index in [1.807, 2.05) is 56.3 Å². The molecule has 0 fully saturated rings. The summed E-state index contributed by atoms with van der Waals surface area (Å²) < 4.78 is 11.9. The Morgan fingerprint density at radius 1 is 1.14 bits per heavy atom.